The molecule has 3 amide bonds. The molecule has 0 saturated heterocycles. The highest BCUT2D eigenvalue weighted by atomic mass is 19.1. The number of nitrogens with two attached hydrogens (primary N) is 1. The number of nitrogens with zero attached hydrogens (tertiary/aromatic N) is 2. The first kappa shape index (κ1) is 20.8. The molecule has 2 aromatic carbocycles. The van der Waals surface area contributed by atoms with Crippen LogP contribution in [-0.4, -0.2) is 35.6 Å². The first-order valence-electron chi connectivity index (χ1n) is 9.08. The number of para-hydroxylation sites is 1. The topological polar surface area (TPSA) is 126 Å². The number of amides is 3. The van der Waals surface area contributed by atoms with Gasteiger partial charge in [0.1, 0.15) is 23.3 Å². The van der Waals surface area contributed by atoms with Gasteiger partial charge >= 0.3 is 0 Å². The van der Waals surface area contributed by atoms with E-state index in [0.29, 0.717) is 11.4 Å². The molecule has 0 saturated carbocycles. The third kappa shape index (κ3) is 4.90. The molecule has 0 fully saturated rings. The second-order valence-corrected chi connectivity index (χ2v) is 6.51. The number of hydrogen-bond acceptors (Lipinski definition) is 6. The Kier molecular flexibility index (Phi) is 6.26. The van der Waals surface area contributed by atoms with Gasteiger partial charge in [0.15, 0.2) is 6.10 Å². The van der Waals surface area contributed by atoms with E-state index >= 15 is 0 Å². The Bertz CT molecular complexity index is 965. The van der Waals surface area contributed by atoms with E-state index in [1.165, 1.54) is 36.2 Å². The number of benzene rings is 2. The van der Waals surface area contributed by atoms with E-state index in [4.69, 9.17) is 10.5 Å². The highest BCUT2D eigenvalue weighted by Crippen LogP contribution is 2.24. The molecule has 3 rings (SSSR count). The fourth-order valence-corrected chi connectivity index (χ4v) is 2.75. The predicted molar refractivity (Wildman–Crippen MR) is 107 cm³/mol. The molecule has 0 unspecified atom stereocenters. The standard InChI is InChI=1S/C20H20FN5O4/c1-12(30-15-9-7-13(21)8-10-15)19(28)23-24-20(29)16-11-17(18(22)27)26(25-16)14-5-3-2-4-6-14/h2-10,12,17H,11H2,1H3,(H2,22,27)(H,23,28)(H,24,29)/t12-,17+/m1/s1. The first-order chi connectivity index (χ1) is 14.3. The van der Waals surface area contributed by atoms with Crippen molar-refractivity contribution >= 4 is 29.1 Å². The van der Waals surface area contributed by atoms with E-state index in [0.717, 1.165) is 0 Å². The SMILES string of the molecule is C[C@@H](Oc1ccc(F)cc1)C(=O)NNC(=O)C1=NN(c2ccccc2)[C@H](C(N)=O)C1. The Morgan fingerprint density at radius 3 is 2.43 bits per heavy atom. The summed E-state index contributed by atoms with van der Waals surface area (Å²) in [6.07, 6.45) is -0.964. The summed E-state index contributed by atoms with van der Waals surface area (Å²) < 4.78 is 18.3. The Hall–Kier alpha value is -3.95. The minimum absolute atomic E-state index is 0.00638. The maximum atomic E-state index is 12.9. The molecule has 1 aliphatic rings. The predicted octanol–water partition coefficient (Wildman–Crippen LogP) is 0.861. The lowest BCUT2D eigenvalue weighted by atomic mass is 10.1. The van der Waals surface area contributed by atoms with Gasteiger partial charge < -0.3 is 10.5 Å². The van der Waals surface area contributed by atoms with E-state index in [1.54, 1.807) is 30.3 Å². The minimum atomic E-state index is -0.958. The molecule has 10 heteroatoms. The summed E-state index contributed by atoms with van der Waals surface area (Å²) in [7, 11) is 0. The number of halogens is 1. The molecule has 2 aromatic rings. The first-order valence-corrected chi connectivity index (χ1v) is 9.08. The summed E-state index contributed by atoms with van der Waals surface area (Å²) in [5, 5.41) is 5.55. The van der Waals surface area contributed by atoms with Gasteiger partial charge in [0, 0.05) is 6.42 Å². The second-order valence-electron chi connectivity index (χ2n) is 6.51. The van der Waals surface area contributed by atoms with Crippen molar-refractivity contribution in [2.24, 2.45) is 10.8 Å². The zero-order chi connectivity index (χ0) is 21.7. The van der Waals surface area contributed by atoms with Gasteiger partial charge in [-0.15, -0.1) is 0 Å². The van der Waals surface area contributed by atoms with Crippen molar-refractivity contribution in [1.29, 1.82) is 0 Å². The van der Waals surface area contributed by atoms with Crippen LogP contribution < -0.4 is 26.3 Å². The zero-order valence-corrected chi connectivity index (χ0v) is 16.0. The van der Waals surface area contributed by atoms with Crippen molar-refractivity contribution in [1.82, 2.24) is 10.9 Å². The fourth-order valence-electron chi connectivity index (χ4n) is 2.75. The summed E-state index contributed by atoms with van der Waals surface area (Å²) in [6.45, 7) is 1.47. The molecule has 2 atom stereocenters. The van der Waals surface area contributed by atoms with E-state index in [9.17, 15) is 18.8 Å². The number of primary amides is 1. The molecule has 30 heavy (non-hydrogen) atoms. The number of carbonyl (C=O) groups is 3. The highest BCUT2D eigenvalue weighted by molar-refractivity contribution is 6.40. The van der Waals surface area contributed by atoms with Crippen molar-refractivity contribution in [2.75, 3.05) is 5.01 Å². The molecule has 0 radical (unpaired) electrons. The van der Waals surface area contributed by atoms with E-state index in [-0.39, 0.29) is 12.1 Å². The number of hydrogen-bond donors (Lipinski definition) is 3. The van der Waals surface area contributed by atoms with Crippen molar-refractivity contribution in [2.45, 2.75) is 25.5 Å². The van der Waals surface area contributed by atoms with Crippen LogP contribution in [0.1, 0.15) is 13.3 Å². The number of anilines is 1. The molecule has 156 valence electrons. The number of rotatable bonds is 6. The second kappa shape index (κ2) is 9.03. The van der Waals surface area contributed by atoms with Crippen molar-refractivity contribution in [3.63, 3.8) is 0 Å². The normalized spacial score (nSPS) is 16.4. The number of nitrogens with one attached hydrogen (secondary N) is 2. The monoisotopic (exact) mass is 413 g/mol. The molecule has 0 bridgehead atoms. The van der Waals surface area contributed by atoms with Gasteiger partial charge in [-0.2, -0.15) is 5.10 Å². The smallest absolute Gasteiger partial charge is 0.285 e. The van der Waals surface area contributed by atoms with E-state index in [2.05, 4.69) is 16.0 Å². The summed E-state index contributed by atoms with van der Waals surface area (Å²) in [6, 6.07) is 13.2. The lowest BCUT2D eigenvalue weighted by Crippen LogP contribution is -2.49. The Morgan fingerprint density at radius 2 is 1.80 bits per heavy atom. The van der Waals surface area contributed by atoms with Crippen LogP contribution in [0.5, 0.6) is 5.75 Å². The Balaban J connectivity index is 1.59. The van der Waals surface area contributed by atoms with Crippen LogP contribution in [-0.2, 0) is 14.4 Å². The number of hydrazone groups is 1. The largest absolute Gasteiger partial charge is 0.481 e. The Labute approximate surface area is 171 Å². The molecule has 1 aliphatic heterocycles. The molecule has 0 aliphatic carbocycles. The molecule has 1 heterocycles. The third-order valence-electron chi connectivity index (χ3n) is 4.32. The van der Waals surface area contributed by atoms with Gasteiger partial charge in [-0.25, -0.2) is 4.39 Å². The van der Waals surface area contributed by atoms with Gasteiger partial charge in [-0.3, -0.25) is 30.2 Å². The van der Waals surface area contributed by atoms with Crippen molar-refractivity contribution in [3.05, 3.63) is 60.4 Å². The summed E-state index contributed by atoms with van der Waals surface area (Å²) in [5.74, 6) is -2.06. The third-order valence-corrected chi connectivity index (χ3v) is 4.32. The summed E-state index contributed by atoms with van der Waals surface area (Å²) in [5.41, 5.74) is 10.6. The Morgan fingerprint density at radius 1 is 1.13 bits per heavy atom. The number of hydrazine groups is 1. The van der Waals surface area contributed by atoms with Crippen LogP contribution in [0, 0.1) is 5.82 Å². The van der Waals surface area contributed by atoms with Crippen LogP contribution in [0.4, 0.5) is 10.1 Å². The summed E-state index contributed by atoms with van der Waals surface area (Å²) in [4.78, 5) is 36.3. The van der Waals surface area contributed by atoms with E-state index in [1.807, 2.05) is 0 Å². The van der Waals surface area contributed by atoms with Crippen LogP contribution in [0.15, 0.2) is 59.7 Å². The maximum absolute atomic E-state index is 12.9. The van der Waals surface area contributed by atoms with E-state index < -0.39 is 35.7 Å². The number of ether oxygens (including phenoxy) is 1. The van der Waals surface area contributed by atoms with Gasteiger partial charge in [0.05, 0.1) is 5.69 Å². The van der Waals surface area contributed by atoms with Crippen LogP contribution in [0.2, 0.25) is 0 Å². The molecular weight excluding hydrogens is 393 g/mol. The summed E-state index contributed by atoms with van der Waals surface area (Å²) >= 11 is 0. The fraction of sp³-hybridized carbons (Fsp3) is 0.200. The quantitative estimate of drug-likeness (QED) is 0.606. The van der Waals surface area contributed by atoms with Gasteiger partial charge in [-0.05, 0) is 43.3 Å². The van der Waals surface area contributed by atoms with Crippen LogP contribution in [0.25, 0.3) is 0 Å². The maximum Gasteiger partial charge on any atom is 0.285 e. The van der Waals surface area contributed by atoms with Gasteiger partial charge in [0.25, 0.3) is 11.8 Å². The zero-order valence-electron chi connectivity index (χ0n) is 16.0. The minimum Gasteiger partial charge on any atom is -0.481 e. The molecule has 0 spiro atoms. The van der Waals surface area contributed by atoms with Crippen LogP contribution in [0.3, 0.4) is 0 Å². The average Bonchev–Trinajstić information content (AvgIpc) is 3.20. The molecule has 0 aromatic heterocycles. The lowest BCUT2D eigenvalue weighted by molar-refractivity contribution is -0.131. The molecular formula is C20H20FN5O4. The highest BCUT2D eigenvalue weighted by Gasteiger charge is 2.35. The van der Waals surface area contributed by atoms with Crippen molar-refractivity contribution < 1.29 is 23.5 Å². The average molecular weight is 413 g/mol. The van der Waals surface area contributed by atoms with Gasteiger partial charge in [0.2, 0.25) is 5.91 Å². The van der Waals surface area contributed by atoms with Crippen molar-refractivity contribution in [3.8, 4) is 5.75 Å². The molecule has 9 nitrogen and oxygen atoms in total. The lowest BCUT2D eigenvalue weighted by Gasteiger charge is -2.20. The van der Waals surface area contributed by atoms with Crippen LogP contribution >= 0.6 is 0 Å². The van der Waals surface area contributed by atoms with Gasteiger partial charge in [-0.1, -0.05) is 18.2 Å². The molecule has 4 N–H and O–H groups in total. The number of carbonyl (C=O) groups excluding carboxylic acids is 3.